The van der Waals surface area contributed by atoms with E-state index in [4.69, 9.17) is 0 Å². The van der Waals surface area contributed by atoms with Gasteiger partial charge in [0.2, 0.25) is 5.91 Å². The summed E-state index contributed by atoms with van der Waals surface area (Å²) in [6, 6.07) is 5.01. The molecule has 2 aliphatic rings. The summed E-state index contributed by atoms with van der Waals surface area (Å²) in [5, 5.41) is 3.54. The van der Waals surface area contributed by atoms with Gasteiger partial charge < -0.3 is 15.2 Å². The van der Waals surface area contributed by atoms with Gasteiger partial charge in [-0.2, -0.15) is 0 Å². The first-order valence-electron chi connectivity index (χ1n) is 9.99. The molecular formula is C21H27FN4O2. The summed E-state index contributed by atoms with van der Waals surface area (Å²) in [5.41, 5.74) is 1.96. The van der Waals surface area contributed by atoms with Crippen molar-refractivity contribution < 1.29 is 14.0 Å². The molecule has 28 heavy (non-hydrogen) atoms. The van der Waals surface area contributed by atoms with Crippen LogP contribution in [0.1, 0.15) is 41.7 Å². The van der Waals surface area contributed by atoms with Gasteiger partial charge in [-0.3, -0.25) is 14.5 Å². The smallest absolute Gasteiger partial charge is 0.267 e. The number of carbonyl (C=O) groups is 2. The molecule has 0 bridgehead atoms. The molecule has 0 saturated carbocycles. The fraction of sp³-hybridized carbons (Fsp3) is 0.524. The molecule has 0 aliphatic carbocycles. The molecule has 0 spiro atoms. The van der Waals surface area contributed by atoms with Crippen molar-refractivity contribution in [1.29, 1.82) is 0 Å². The largest absolute Gasteiger partial charge is 0.350 e. The second-order valence-corrected chi connectivity index (χ2v) is 8.11. The highest BCUT2D eigenvalue weighted by molar-refractivity contribution is 5.99. The summed E-state index contributed by atoms with van der Waals surface area (Å²) < 4.78 is 14.0. The number of benzene rings is 1. The van der Waals surface area contributed by atoms with E-state index in [1.54, 1.807) is 17.0 Å². The molecule has 2 aromatic rings. The first kappa shape index (κ1) is 18.9. The number of H-pyrrole nitrogens is 1. The van der Waals surface area contributed by atoms with Crippen LogP contribution in [0.5, 0.6) is 0 Å². The zero-order valence-electron chi connectivity index (χ0n) is 16.4. The Balaban J connectivity index is 1.42. The van der Waals surface area contributed by atoms with Crippen molar-refractivity contribution in [3.05, 3.63) is 35.3 Å². The van der Waals surface area contributed by atoms with Gasteiger partial charge >= 0.3 is 0 Å². The number of hydrogen-bond donors (Lipinski definition) is 2. The van der Waals surface area contributed by atoms with E-state index in [1.165, 1.54) is 6.07 Å². The highest BCUT2D eigenvalue weighted by Gasteiger charge is 2.32. The summed E-state index contributed by atoms with van der Waals surface area (Å²) in [4.78, 5) is 32.0. The standard InChI is InChI=1S/C21H27FN4O2/c1-13-5-6-17(22)16-11-18(24-20(13)16)21(28)23-14-4-3-8-26(12-14)15-7-9-25(2)19(27)10-15/h5-6,11,14-15,24H,3-4,7-10,12H2,1-2H3,(H,23,28). The van der Waals surface area contributed by atoms with Crippen molar-refractivity contribution in [2.45, 2.75) is 44.7 Å². The lowest BCUT2D eigenvalue weighted by molar-refractivity contribution is -0.134. The molecule has 2 saturated heterocycles. The van der Waals surface area contributed by atoms with Crippen LogP contribution >= 0.6 is 0 Å². The van der Waals surface area contributed by atoms with Crippen molar-refractivity contribution in [3.63, 3.8) is 0 Å². The number of halogens is 1. The maximum absolute atomic E-state index is 14.0. The Labute approximate surface area is 164 Å². The average molecular weight is 386 g/mol. The summed E-state index contributed by atoms with van der Waals surface area (Å²) in [5.74, 6) is -0.342. The topological polar surface area (TPSA) is 68.4 Å². The molecule has 2 fully saturated rings. The third-order valence-electron chi connectivity index (χ3n) is 6.13. The molecular weight excluding hydrogens is 359 g/mol. The molecule has 2 amide bonds. The van der Waals surface area contributed by atoms with Gasteiger partial charge in [0.15, 0.2) is 0 Å². The van der Waals surface area contributed by atoms with Crippen molar-refractivity contribution in [2.75, 3.05) is 26.7 Å². The van der Waals surface area contributed by atoms with E-state index in [9.17, 15) is 14.0 Å². The van der Waals surface area contributed by atoms with Gasteiger partial charge in [0.05, 0.1) is 5.52 Å². The highest BCUT2D eigenvalue weighted by atomic mass is 19.1. The molecule has 2 aliphatic heterocycles. The average Bonchev–Trinajstić information content (AvgIpc) is 3.14. The van der Waals surface area contributed by atoms with Gasteiger partial charge in [0, 0.05) is 44.0 Å². The van der Waals surface area contributed by atoms with Crippen LogP contribution in [0, 0.1) is 12.7 Å². The van der Waals surface area contributed by atoms with Crippen LogP contribution in [0.2, 0.25) is 0 Å². The number of nitrogens with one attached hydrogen (secondary N) is 2. The first-order chi connectivity index (χ1) is 13.4. The maximum Gasteiger partial charge on any atom is 0.267 e. The normalized spacial score (nSPS) is 24.0. The molecule has 2 atom stereocenters. The fourth-order valence-corrected chi connectivity index (χ4v) is 4.41. The number of aromatic amines is 1. The lowest BCUT2D eigenvalue weighted by Crippen LogP contribution is -2.54. The van der Waals surface area contributed by atoms with Gasteiger partial charge in [-0.25, -0.2) is 4.39 Å². The fourth-order valence-electron chi connectivity index (χ4n) is 4.41. The lowest BCUT2D eigenvalue weighted by Gasteiger charge is -2.41. The van der Waals surface area contributed by atoms with Crippen molar-refractivity contribution >= 4 is 22.7 Å². The molecule has 4 rings (SSSR count). The van der Waals surface area contributed by atoms with E-state index in [-0.39, 0.29) is 29.7 Å². The Kier molecular flexibility index (Phi) is 5.10. The zero-order valence-corrected chi connectivity index (χ0v) is 16.4. The van der Waals surface area contributed by atoms with E-state index >= 15 is 0 Å². The quantitative estimate of drug-likeness (QED) is 0.851. The minimum absolute atomic E-state index is 0.0355. The number of fused-ring (bicyclic) bond motifs is 1. The van der Waals surface area contributed by atoms with Crippen molar-refractivity contribution in [2.24, 2.45) is 0 Å². The van der Waals surface area contributed by atoms with Crippen LogP contribution in [-0.4, -0.2) is 65.4 Å². The summed E-state index contributed by atoms with van der Waals surface area (Å²) >= 11 is 0. The summed E-state index contributed by atoms with van der Waals surface area (Å²) in [6.45, 7) is 4.39. The second kappa shape index (κ2) is 7.54. The van der Waals surface area contributed by atoms with Gasteiger partial charge in [-0.15, -0.1) is 0 Å². The maximum atomic E-state index is 14.0. The molecule has 0 radical (unpaired) electrons. The Morgan fingerprint density at radius 3 is 2.86 bits per heavy atom. The molecule has 2 N–H and O–H groups in total. The summed E-state index contributed by atoms with van der Waals surface area (Å²) in [7, 11) is 1.85. The van der Waals surface area contributed by atoms with E-state index in [1.807, 2.05) is 14.0 Å². The minimum Gasteiger partial charge on any atom is -0.350 e. The predicted molar refractivity (Wildman–Crippen MR) is 106 cm³/mol. The van der Waals surface area contributed by atoms with Gasteiger partial charge in [-0.1, -0.05) is 6.07 Å². The molecule has 1 aromatic heterocycles. The van der Waals surface area contributed by atoms with Crippen LogP contribution in [0.3, 0.4) is 0 Å². The number of piperidine rings is 2. The molecule has 150 valence electrons. The van der Waals surface area contributed by atoms with Crippen molar-refractivity contribution in [1.82, 2.24) is 20.1 Å². The number of likely N-dealkylation sites (tertiary alicyclic amines) is 2. The number of amides is 2. The van der Waals surface area contributed by atoms with E-state index in [0.717, 1.165) is 44.5 Å². The molecule has 1 aromatic carbocycles. The number of carbonyl (C=O) groups excluding carboxylic acids is 2. The highest BCUT2D eigenvalue weighted by Crippen LogP contribution is 2.24. The van der Waals surface area contributed by atoms with E-state index < -0.39 is 0 Å². The van der Waals surface area contributed by atoms with Gasteiger partial charge in [0.1, 0.15) is 11.5 Å². The summed E-state index contributed by atoms with van der Waals surface area (Å²) in [6.07, 6.45) is 3.43. The SMILES string of the molecule is Cc1ccc(F)c2cc(C(=O)NC3CCCN(C4CCN(C)C(=O)C4)C3)[nH]c12. The van der Waals surface area contributed by atoms with Gasteiger partial charge in [-0.05, 0) is 50.4 Å². The minimum atomic E-state index is -0.327. The molecule has 2 unspecified atom stereocenters. The number of aromatic nitrogens is 1. The molecule has 6 nitrogen and oxygen atoms in total. The van der Waals surface area contributed by atoms with Crippen LogP contribution in [-0.2, 0) is 4.79 Å². The lowest BCUT2D eigenvalue weighted by atomic mass is 9.97. The first-order valence-corrected chi connectivity index (χ1v) is 9.99. The van der Waals surface area contributed by atoms with Gasteiger partial charge in [0.25, 0.3) is 5.91 Å². The van der Waals surface area contributed by atoms with Crippen LogP contribution in [0.15, 0.2) is 18.2 Å². The number of aryl methyl sites for hydroxylation is 1. The van der Waals surface area contributed by atoms with Crippen LogP contribution in [0.4, 0.5) is 4.39 Å². The van der Waals surface area contributed by atoms with E-state index in [0.29, 0.717) is 23.0 Å². The van der Waals surface area contributed by atoms with Crippen molar-refractivity contribution in [3.8, 4) is 0 Å². The Morgan fingerprint density at radius 1 is 1.29 bits per heavy atom. The second-order valence-electron chi connectivity index (χ2n) is 8.11. The Bertz CT molecular complexity index is 870. The van der Waals surface area contributed by atoms with Crippen LogP contribution < -0.4 is 5.32 Å². The number of nitrogens with zero attached hydrogens (tertiary/aromatic N) is 2. The Hall–Kier alpha value is -2.41. The molecule has 3 heterocycles. The third kappa shape index (κ3) is 3.63. The Morgan fingerprint density at radius 2 is 2.11 bits per heavy atom. The number of rotatable bonds is 3. The monoisotopic (exact) mass is 386 g/mol. The zero-order chi connectivity index (χ0) is 19.8. The third-order valence-corrected chi connectivity index (χ3v) is 6.13. The molecule has 7 heteroatoms. The van der Waals surface area contributed by atoms with E-state index in [2.05, 4.69) is 15.2 Å². The predicted octanol–water partition coefficient (Wildman–Crippen LogP) is 2.43. The number of hydrogen-bond acceptors (Lipinski definition) is 3. The van der Waals surface area contributed by atoms with Crippen LogP contribution in [0.25, 0.3) is 10.9 Å².